The van der Waals surface area contributed by atoms with Crippen LogP contribution in [0.2, 0.25) is 0 Å². The number of hydrogen-bond acceptors (Lipinski definition) is 3. The van der Waals surface area contributed by atoms with E-state index in [2.05, 4.69) is 0 Å². The van der Waals surface area contributed by atoms with E-state index in [4.69, 9.17) is 10.5 Å². The Morgan fingerprint density at radius 2 is 2.23 bits per heavy atom. The third kappa shape index (κ3) is 9.50. The lowest BCUT2D eigenvalue weighted by Gasteiger charge is -2.04. The summed E-state index contributed by atoms with van der Waals surface area (Å²) in [5, 5.41) is 0. The molecule has 0 spiro atoms. The Balaban J connectivity index is 3.20. The van der Waals surface area contributed by atoms with Crippen LogP contribution in [0.5, 0.6) is 0 Å². The fourth-order valence-electron chi connectivity index (χ4n) is 1.02. The molecule has 13 heavy (non-hydrogen) atoms. The van der Waals surface area contributed by atoms with Crippen molar-refractivity contribution in [1.29, 1.82) is 0 Å². The highest BCUT2D eigenvalue weighted by atomic mass is 16.5. The fourth-order valence-corrected chi connectivity index (χ4v) is 1.02. The number of rotatable bonds is 8. The summed E-state index contributed by atoms with van der Waals surface area (Å²) in [6.45, 7) is 4.93. The van der Waals surface area contributed by atoms with Crippen molar-refractivity contribution in [2.24, 2.45) is 5.73 Å². The maximum absolute atomic E-state index is 11.1. The summed E-state index contributed by atoms with van der Waals surface area (Å²) in [5.74, 6) is 0.189. The van der Waals surface area contributed by atoms with Crippen LogP contribution in [0, 0.1) is 0 Å². The minimum atomic E-state index is 0.189. The van der Waals surface area contributed by atoms with Gasteiger partial charge >= 0.3 is 0 Å². The van der Waals surface area contributed by atoms with Crippen LogP contribution >= 0.6 is 0 Å². The molecule has 0 aromatic rings. The molecular formula is C10H21NO2. The highest BCUT2D eigenvalue weighted by Gasteiger charge is 2.02. The number of ether oxygens (including phenoxy) is 1. The first-order valence-corrected chi connectivity index (χ1v) is 5.01. The van der Waals surface area contributed by atoms with Crippen molar-refractivity contribution in [2.75, 3.05) is 13.2 Å². The number of carbonyl (C=O) groups excluding carboxylic acids is 1. The summed E-state index contributed by atoms with van der Waals surface area (Å²) in [7, 11) is 0. The number of hydrogen-bond donors (Lipinski definition) is 1. The lowest BCUT2D eigenvalue weighted by molar-refractivity contribution is -0.123. The lowest BCUT2D eigenvalue weighted by atomic mass is 10.1. The zero-order valence-electron chi connectivity index (χ0n) is 8.71. The van der Waals surface area contributed by atoms with Gasteiger partial charge in [0, 0.05) is 19.1 Å². The minimum absolute atomic E-state index is 0.189. The second-order valence-corrected chi connectivity index (χ2v) is 3.46. The molecule has 0 saturated carbocycles. The van der Waals surface area contributed by atoms with Crippen LogP contribution in [-0.4, -0.2) is 25.0 Å². The van der Waals surface area contributed by atoms with E-state index in [9.17, 15) is 4.79 Å². The van der Waals surface area contributed by atoms with Crippen LogP contribution in [0.15, 0.2) is 0 Å². The van der Waals surface area contributed by atoms with Gasteiger partial charge in [0.2, 0.25) is 0 Å². The van der Waals surface area contributed by atoms with Gasteiger partial charge in [-0.15, -0.1) is 0 Å². The Labute approximate surface area is 80.6 Å². The van der Waals surface area contributed by atoms with Gasteiger partial charge < -0.3 is 10.5 Å². The number of ketones is 1. The number of Topliss-reactive ketones (excluding diaryl/α,β-unsaturated/α-hetero) is 1. The van der Waals surface area contributed by atoms with Gasteiger partial charge in [0.1, 0.15) is 6.61 Å². The largest absolute Gasteiger partial charge is 0.374 e. The van der Waals surface area contributed by atoms with Gasteiger partial charge in [-0.3, -0.25) is 4.79 Å². The van der Waals surface area contributed by atoms with Crippen molar-refractivity contribution in [2.45, 2.75) is 45.6 Å². The molecule has 1 unspecified atom stereocenters. The van der Waals surface area contributed by atoms with Gasteiger partial charge in [0.15, 0.2) is 5.78 Å². The predicted molar refractivity (Wildman–Crippen MR) is 53.6 cm³/mol. The Bertz CT molecular complexity index is 135. The zero-order valence-corrected chi connectivity index (χ0v) is 8.71. The van der Waals surface area contributed by atoms with Crippen LogP contribution in [0.25, 0.3) is 0 Å². The van der Waals surface area contributed by atoms with Crippen molar-refractivity contribution >= 4 is 5.78 Å². The topological polar surface area (TPSA) is 52.3 Å². The summed E-state index contributed by atoms with van der Waals surface area (Å²) in [6.07, 6.45) is 3.36. The molecule has 0 heterocycles. The average Bonchev–Trinajstić information content (AvgIpc) is 2.04. The first kappa shape index (κ1) is 12.6. The van der Waals surface area contributed by atoms with Crippen molar-refractivity contribution in [1.82, 2.24) is 0 Å². The van der Waals surface area contributed by atoms with Crippen LogP contribution in [0.3, 0.4) is 0 Å². The molecule has 1 atom stereocenters. The molecule has 0 aromatic carbocycles. The first-order chi connectivity index (χ1) is 6.16. The highest BCUT2D eigenvalue weighted by Crippen LogP contribution is 1.99. The summed E-state index contributed by atoms with van der Waals surface area (Å²) >= 11 is 0. The fraction of sp³-hybridized carbons (Fsp3) is 0.900. The highest BCUT2D eigenvalue weighted by molar-refractivity contribution is 5.79. The normalized spacial score (nSPS) is 12.8. The second kappa shape index (κ2) is 8.20. The summed E-state index contributed by atoms with van der Waals surface area (Å²) < 4.78 is 5.12. The summed E-state index contributed by atoms with van der Waals surface area (Å²) in [4.78, 5) is 11.1. The monoisotopic (exact) mass is 187 g/mol. The first-order valence-electron chi connectivity index (χ1n) is 5.01. The van der Waals surface area contributed by atoms with E-state index in [-0.39, 0.29) is 18.4 Å². The Morgan fingerprint density at radius 1 is 1.54 bits per heavy atom. The molecule has 0 rings (SSSR count). The Kier molecular flexibility index (Phi) is 7.94. The predicted octanol–water partition coefficient (Wildman–Crippen LogP) is 1.50. The third-order valence-corrected chi connectivity index (χ3v) is 1.73. The SMILES string of the molecule is CCCOCC(=O)CCCC(C)N. The van der Waals surface area contributed by atoms with Crippen molar-refractivity contribution < 1.29 is 9.53 Å². The van der Waals surface area contributed by atoms with E-state index in [0.717, 1.165) is 19.3 Å². The molecule has 2 N–H and O–H groups in total. The van der Waals surface area contributed by atoms with Crippen molar-refractivity contribution in [3.8, 4) is 0 Å². The van der Waals surface area contributed by atoms with Gasteiger partial charge in [-0.2, -0.15) is 0 Å². The van der Waals surface area contributed by atoms with E-state index < -0.39 is 0 Å². The third-order valence-electron chi connectivity index (χ3n) is 1.73. The Hall–Kier alpha value is -0.410. The van der Waals surface area contributed by atoms with Crippen LogP contribution in [0.4, 0.5) is 0 Å². The van der Waals surface area contributed by atoms with Crippen molar-refractivity contribution in [3.63, 3.8) is 0 Å². The van der Waals surface area contributed by atoms with E-state index in [1.54, 1.807) is 0 Å². The molecule has 0 fully saturated rings. The van der Waals surface area contributed by atoms with Crippen LogP contribution in [-0.2, 0) is 9.53 Å². The van der Waals surface area contributed by atoms with Gasteiger partial charge in [-0.05, 0) is 26.2 Å². The minimum Gasteiger partial charge on any atom is -0.374 e. The van der Waals surface area contributed by atoms with Crippen LogP contribution in [0.1, 0.15) is 39.5 Å². The van der Waals surface area contributed by atoms with Gasteiger partial charge in [0.05, 0.1) is 0 Å². The van der Waals surface area contributed by atoms with Gasteiger partial charge in [-0.1, -0.05) is 6.92 Å². The smallest absolute Gasteiger partial charge is 0.158 e. The average molecular weight is 187 g/mol. The van der Waals surface area contributed by atoms with E-state index in [1.807, 2.05) is 13.8 Å². The molecule has 0 saturated heterocycles. The lowest BCUT2D eigenvalue weighted by Crippen LogP contribution is -2.16. The van der Waals surface area contributed by atoms with E-state index in [0.29, 0.717) is 13.0 Å². The molecule has 78 valence electrons. The Morgan fingerprint density at radius 3 is 2.77 bits per heavy atom. The second-order valence-electron chi connectivity index (χ2n) is 3.46. The number of carbonyl (C=O) groups is 1. The molecule has 0 aliphatic rings. The van der Waals surface area contributed by atoms with Gasteiger partial charge in [-0.25, -0.2) is 0 Å². The number of nitrogens with two attached hydrogens (primary N) is 1. The molecule has 3 nitrogen and oxygen atoms in total. The molecule has 0 amide bonds. The molecule has 0 radical (unpaired) electrons. The van der Waals surface area contributed by atoms with E-state index >= 15 is 0 Å². The van der Waals surface area contributed by atoms with Crippen LogP contribution < -0.4 is 5.73 Å². The summed E-state index contributed by atoms with van der Waals surface area (Å²) in [5.41, 5.74) is 5.56. The molecule has 0 bridgehead atoms. The molecule has 3 heteroatoms. The van der Waals surface area contributed by atoms with Gasteiger partial charge in [0.25, 0.3) is 0 Å². The maximum atomic E-state index is 11.1. The molecule has 0 aliphatic heterocycles. The molecule has 0 aromatic heterocycles. The zero-order chi connectivity index (χ0) is 10.1. The van der Waals surface area contributed by atoms with Crippen molar-refractivity contribution in [3.05, 3.63) is 0 Å². The molecule has 0 aliphatic carbocycles. The van der Waals surface area contributed by atoms with E-state index in [1.165, 1.54) is 0 Å². The molecular weight excluding hydrogens is 166 g/mol. The standard InChI is InChI=1S/C10H21NO2/c1-3-7-13-8-10(12)6-4-5-9(2)11/h9H,3-8,11H2,1-2H3. The maximum Gasteiger partial charge on any atom is 0.158 e. The quantitative estimate of drug-likeness (QED) is 0.586. The summed E-state index contributed by atoms with van der Waals surface area (Å²) in [6, 6.07) is 0.198.